The summed E-state index contributed by atoms with van der Waals surface area (Å²) in [5.41, 5.74) is 4.20. The molecule has 0 bridgehead atoms. The molecule has 27 heavy (non-hydrogen) atoms. The molecule has 1 aliphatic heterocycles. The van der Waals surface area contributed by atoms with Crippen molar-refractivity contribution in [3.8, 4) is 11.1 Å². The number of hydrogen-bond acceptors (Lipinski definition) is 4. The van der Waals surface area contributed by atoms with Crippen LogP contribution in [0.25, 0.3) is 11.1 Å². The van der Waals surface area contributed by atoms with Crippen molar-refractivity contribution in [1.82, 2.24) is 20.1 Å². The highest BCUT2D eigenvalue weighted by Gasteiger charge is 2.28. The number of fused-ring (bicyclic) bond motifs is 1. The van der Waals surface area contributed by atoms with E-state index < -0.39 is 0 Å². The summed E-state index contributed by atoms with van der Waals surface area (Å²) in [6.45, 7) is 1.63. The molecule has 2 aromatic heterocycles. The van der Waals surface area contributed by atoms with Gasteiger partial charge in [0.2, 0.25) is 0 Å². The van der Waals surface area contributed by atoms with Gasteiger partial charge in [-0.15, -0.1) is 11.3 Å². The number of piperidine rings is 1. The number of amides is 1. The number of aromatic amines is 1. The largest absolute Gasteiger partial charge is 0.339 e. The number of aromatic nitrogens is 3. The summed E-state index contributed by atoms with van der Waals surface area (Å²) in [6, 6.07) is 7.81. The van der Waals surface area contributed by atoms with E-state index in [1.54, 1.807) is 6.20 Å². The van der Waals surface area contributed by atoms with Crippen molar-refractivity contribution in [2.24, 2.45) is 0 Å². The number of thiazole rings is 1. The number of H-pyrrole nitrogens is 1. The molecule has 0 atom stereocenters. The van der Waals surface area contributed by atoms with Gasteiger partial charge in [-0.3, -0.25) is 9.89 Å². The first-order valence-electron chi connectivity index (χ1n) is 9.65. The second kappa shape index (κ2) is 6.93. The van der Waals surface area contributed by atoms with Gasteiger partial charge in [-0.05, 0) is 49.8 Å². The van der Waals surface area contributed by atoms with Crippen molar-refractivity contribution in [3.05, 3.63) is 57.8 Å². The molecule has 3 heterocycles. The number of hydrogen-bond donors (Lipinski definition) is 1. The van der Waals surface area contributed by atoms with E-state index in [2.05, 4.69) is 10.2 Å². The lowest BCUT2D eigenvalue weighted by molar-refractivity contribution is 0.0713. The van der Waals surface area contributed by atoms with Crippen LogP contribution in [0.2, 0.25) is 0 Å². The van der Waals surface area contributed by atoms with E-state index >= 15 is 0 Å². The number of likely N-dealkylation sites (tertiary alicyclic amines) is 1. The van der Waals surface area contributed by atoms with Crippen LogP contribution < -0.4 is 0 Å². The Morgan fingerprint density at radius 2 is 1.93 bits per heavy atom. The summed E-state index contributed by atoms with van der Waals surface area (Å²) >= 11 is 1.91. The first-order valence-corrected chi connectivity index (χ1v) is 10.5. The lowest BCUT2D eigenvalue weighted by Gasteiger charge is -2.31. The fourth-order valence-corrected chi connectivity index (χ4v) is 5.43. The predicted octanol–water partition coefficient (Wildman–Crippen LogP) is 4.04. The molecule has 138 valence electrons. The Labute approximate surface area is 162 Å². The fraction of sp³-hybridized carbons (Fsp3) is 0.381. The van der Waals surface area contributed by atoms with Crippen LogP contribution in [0, 0.1) is 0 Å². The molecule has 1 N–H and O–H groups in total. The van der Waals surface area contributed by atoms with Crippen LogP contribution in [0.1, 0.15) is 51.1 Å². The zero-order valence-corrected chi connectivity index (χ0v) is 16.0. The number of aryl methyl sites for hydroxylation is 2. The molecule has 1 fully saturated rings. The van der Waals surface area contributed by atoms with Crippen LogP contribution in [0.5, 0.6) is 0 Å². The third-order valence-corrected chi connectivity index (χ3v) is 7.03. The molecule has 0 saturated carbocycles. The van der Waals surface area contributed by atoms with E-state index in [-0.39, 0.29) is 5.91 Å². The highest BCUT2D eigenvalue weighted by molar-refractivity contribution is 7.11. The highest BCUT2D eigenvalue weighted by Crippen LogP contribution is 2.36. The molecule has 0 unspecified atom stereocenters. The molecule has 5 nitrogen and oxygen atoms in total. The number of carbonyl (C=O) groups is 1. The first kappa shape index (κ1) is 16.7. The molecule has 6 heteroatoms. The van der Waals surface area contributed by atoms with E-state index in [1.807, 2.05) is 46.7 Å². The zero-order chi connectivity index (χ0) is 18.2. The molecule has 1 aliphatic carbocycles. The number of rotatable bonds is 3. The quantitative estimate of drug-likeness (QED) is 0.748. The molecule has 2 aliphatic rings. The Hall–Kier alpha value is -2.47. The zero-order valence-electron chi connectivity index (χ0n) is 15.1. The highest BCUT2D eigenvalue weighted by atomic mass is 32.1. The maximum atomic E-state index is 12.8. The fourth-order valence-electron chi connectivity index (χ4n) is 4.11. The average molecular weight is 379 g/mol. The molecule has 5 rings (SSSR count). The van der Waals surface area contributed by atoms with E-state index in [9.17, 15) is 4.79 Å². The van der Waals surface area contributed by atoms with Gasteiger partial charge in [0.25, 0.3) is 5.91 Å². The van der Waals surface area contributed by atoms with E-state index in [0.29, 0.717) is 5.92 Å². The van der Waals surface area contributed by atoms with Gasteiger partial charge in [0.05, 0.1) is 16.9 Å². The SMILES string of the molecule is O=C(c1ccc(-c2cn[nH]c2)cc1)N1CCC(c2nc3c(s2)CCC3)CC1. The summed E-state index contributed by atoms with van der Waals surface area (Å²) in [6.07, 6.45) is 9.31. The van der Waals surface area contributed by atoms with Crippen molar-refractivity contribution < 1.29 is 4.79 Å². The number of nitrogens with one attached hydrogen (secondary N) is 1. The monoisotopic (exact) mass is 378 g/mol. The lowest BCUT2D eigenvalue weighted by atomic mass is 9.96. The standard InChI is InChI=1S/C21H22N4OS/c26-21(16-6-4-14(5-7-16)17-12-22-23-13-17)25-10-8-15(9-11-25)20-24-18-2-1-3-19(18)27-20/h4-7,12-13,15H,1-3,8-11H2,(H,22,23). The molecule has 3 aromatic rings. The Bertz CT molecular complexity index is 916. The minimum atomic E-state index is 0.133. The smallest absolute Gasteiger partial charge is 0.253 e. The molecule has 0 radical (unpaired) electrons. The average Bonchev–Trinajstić information content (AvgIpc) is 3.45. The number of nitrogens with zero attached hydrogens (tertiary/aromatic N) is 3. The minimum Gasteiger partial charge on any atom is -0.339 e. The Morgan fingerprint density at radius 3 is 2.63 bits per heavy atom. The van der Waals surface area contributed by atoms with Gasteiger partial charge in [-0.25, -0.2) is 4.98 Å². The molecule has 1 aromatic carbocycles. The van der Waals surface area contributed by atoms with E-state index in [1.165, 1.54) is 28.4 Å². The van der Waals surface area contributed by atoms with Crippen molar-refractivity contribution in [1.29, 1.82) is 0 Å². The van der Waals surface area contributed by atoms with Gasteiger partial charge in [0, 0.05) is 41.2 Å². The lowest BCUT2D eigenvalue weighted by Crippen LogP contribution is -2.37. The van der Waals surface area contributed by atoms with Gasteiger partial charge in [-0.1, -0.05) is 12.1 Å². The molecular weight excluding hydrogens is 356 g/mol. The van der Waals surface area contributed by atoms with Crippen LogP contribution >= 0.6 is 11.3 Å². The summed E-state index contributed by atoms with van der Waals surface area (Å²) in [5.74, 6) is 0.655. The van der Waals surface area contributed by atoms with Crippen LogP contribution in [-0.2, 0) is 12.8 Å². The Balaban J connectivity index is 1.23. The predicted molar refractivity (Wildman–Crippen MR) is 106 cm³/mol. The maximum Gasteiger partial charge on any atom is 0.253 e. The summed E-state index contributed by atoms with van der Waals surface area (Å²) in [4.78, 5) is 21.2. The Morgan fingerprint density at radius 1 is 1.11 bits per heavy atom. The summed E-state index contributed by atoms with van der Waals surface area (Å²) < 4.78 is 0. The first-order chi connectivity index (χ1) is 13.3. The summed E-state index contributed by atoms with van der Waals surface area (Å²) in [5, 5.41) is 8.09. The number of carbonyl (C=O) groups excluding carboxylic acids is 1. The van der Waals surface area contributed by atoms with Gasteiger partial charge in [-0.2, -0.15) is 5.10 Å². The van der Waals surface area contributed by atoms with Crippen molar-refractivity contribution in [2.75, 3.05) is 13.1 Å². The van der Waals surface area contributed by atoms with Gasteiger partial charge in [0.1, 0.15) is 0 Å². The normalized spacial score (nSPS) is 17.3. The van der Waals surface area contributed by atoms with Crippen molar-refractivity contribution in [2.45, 2.75) is 38.0 Å². The molecular formula is C21H22N4OS. The van der Waals surface area contributed by atoms with E-state index in [4.69, 9.17) is 4.98 Å². The second-order valence-corrected chi connectivity index (χ2v) is 8.52. The Kier molecular flexibility index (Phi) is 4.28. The van der Waals surface area contributed by atoms with Gasteiger partial charge >= 0.3 is 0 Å². The third kappa shape index (κ3) is 3.18. The second-order valence-electron chi connectivity index (χ2n) is 7.41. The summed E-state index contributed by atoms with van der Waals surface area (Å²) in [7, 11) is 0. The number of benzene rings is 1. The molecule has 1 amide bonds. The van der Waals surface area contributed by atoms with Crippen LogP contribution in [0.4, 0.5) is 0 Å². The van der Waals surface area contributed by atoms with Crippen LogP contribution in [0.3, 0.4) is 0 Å². The molecule has 1 saturated heterocycles. The van der Waals surface area contributed by atoms with E-state index in [0.717, 1.165) is 49.0 Å². The minimum absolute atomic E-state index is 0.133. The molecule has 0 spiro atoms. The van der Waals surface area contributed by atoms with Gasteiger partial charge in [0.15, 0.2) is 0 Å². The van der Waals surface area contributed by atoms with Crippen molar-refractivity contribution in [3.63, 3.8) is 0 Å². The van der Waals surface area contributed by atoms with Crippen LogP contribution in [0.15, 0.2) is 36.7 Å². The van der Waals surface area contributed by atoms with Gasteiger partial charge < -0.3 is 4.90 Å². The maximum absolute atomic E-state index is 12.8. The van der Waals surface area contributed by atoms with Crippen LogP contribution in [-0.4, -0.2) is 39.1 Å². The van der Waals surface area contributed by atoms with Crippen molar-refractivity contribution >= 4 is 17.2 Å². The third-order valence-electron chi connectivity index (χ3n) is 5.71. The topological polar surface area (TPSA) is 61.9 Å².